The van der Waals surface area contributed by atoms with E-state index in [1.807, 2.05) is 6.92 Å². The summed E-state index contributed by atoms with van der Waals surface area (Å²) < 4.78 is 36.8. The summed E-state index contributed by atoms with van der Waals surface area (Å²) in [5, 5.41) is 12.6. The number of aryl methyl sites for hydroxylation is 2. The number of aliphatic hydroxyl groups is 1. The molecule has 182 valence electrons. The minimum atomic E-state index is -4.07. The van der Waals surface area contributed by atoms with Gasteiger partial charge >= 0.3 is 11.9 Å². The highest BCUT2D eigenvalue weighted by atomic mass is 32.2. The van der Waals surface area contributed by atoms with Crippen LogP contribution in [0.1, 0.15) is 27.9 Å². The summed E-state index contributed by atoms with van der Waals surface area (Å²) in [6, 6.07) is 9.26. The van der Waals surface area contributed by atoms with Gasteiger partial charge in [-0.3, -0.25) is 9.59 Å². The number of methoxy groups -OCH3 is 1. The fourth-order valence-corrected chi connectivity index (χ4v) is 5.22. The van der Waals surface area contributed by atoms with Crippen molar-refractivity contribution in [2.24, 2.45) is 0 Å². The molecule has 10 nitrogen and oxygen atoms in total. The van der Waals surface area contributed by atoms with Crippen LogP contribution in [0.5, 0.6) is 0 Å². The van der Waals surface area contributed by atoms with Crippen LogP contribution in [0.3, 0.4) is 0 Å². The molecule has 11 heteroatoms. The largest absolute Gasteiger partial charge is 0.465 e. The first kappa shape index (κ1) is 25.3. The number of sulfonamides is 1. The first-order valence-electron chi connectivity index (χ1n) is 10.4. The number of hydrogen-bond donors (Lipinski definition) is 2. The molecular weight excluding hydrogens is 464 g/mol. The van der Waals surface area contributed by atoms with Gasteiger partial charge < -0.3 is 19.9 Å². The lowest BCUT2D eigenvalue weighted by molar-refractivity contribution is -0.150. The molecule has 0 bridgehead atoms. The second-order valence-electron chi connectivity index (χ2n) is 7.95. The molecule has 2 aromatic carbocycles. The number of ether oxygens (including phenoxy) is 2. The van der Waals surface area contributed by atoms with Crippen LogP contribution in [0, 0.1) is 13.8 Å². The maximum atomic E-state index is 13.1. The summed E-state index contributed by atoms with van der Waals surface area (Å²) in [5.74, 6) is -2.10. The Bertz CT molecular complexity index is 1190. The smallest absolute Gasteiger partial charge is 0.337 e. The Labute approximate surface area is 197 Å². The highest BCUT2D eigenvalue weighted by molar-refractivity contribution is 7.89. The summed E-state index contributed by atoms with van der Waals surface area (Å²) in [6.45, 7) is 2.72. The van der Waals surface area contributed by atoms with E-state index in [-0.39, 0.29) is 17.9 Å². The number of esters is 2. The summed E-state index contributed by atoms with van der Waals surface area (Å²) in [7, 11) is -2.82. The monoisotopic (exact) mass is 490 g/mol. The van der Waals surface area contributed by atoms with Gasteiger partial charge in [0.15, 0.2) is 6.61 Å². The number of hydrogen-bond acceptors (Lipinski definition) is 8. The number of carbonyl (C=O) groups is 3. The van der Waals surface area contributed by atoms with Crippen LogP contribution in [0.15, 0.2) is 47.4 Å². The van der Waals surface area contributed by atoms with E-state index in [9.17, 15) is 27.9 Å². The molecule has 1 fully saturated rings. The number of benzene rings is 2. The quantitative estimate of drug-likeness (QED) is 0.555. The molecule has 1 aliphatic rings. The topological polar surface area (TPSA) is 139 Å². The number of nitrogens with zero attached hydrogens (tertiary/aromatic N) is 1. The normalized spacial score (nSPS) is 18.4. The first-order valence-corrected chi connectivity index (χ1v) is 11.9. The van der Waals surface area contributed by atoms with E-state index in [0.29, 0.717) is 11.3 Å². The second kappa shape index (κ2) is 10.3. The van der Waals surface area contributed by atoms with Crippen LogP contribution in [-0.2, 0) is 29.1 Å². The molecule has 3 rings (SSSR count). The molecule has 1 amide bonds. The third-order valence-corrected chi connectivity index (χ3v) is 7.40. The third-order valence-electron chi connectivity index (χ3n) is 5.53. The molecular formula is C23H26N2O8S. The predicted molar refractivity (Wildman–Crippen MR) is 122 cm³/mol. The summed E-state index contributed by atoms with van der Waals surface area (Å²) in [4.78, 5) is 36.3. The third kappa shape index (κ3) is 5.61. The van der Waals surface area contributed by atoms with E-state index in [1.54, 1.807) is 13.0 Å². The van der Waals surface area contributed by atoms with E-state index in [4.69, 9.17) is 4.74 Å². The number of aliphatic hydroxyl groups excluding tert-OH is 1. The van der Waals surface area contributed by atoms with Gasteiger partial charge in [0, 0.05) is 18.7 Å². The van der Waals surface area contributed by atoms with E-state index >= 15 is 0 Å². The Morgan fingerprint density at radius 3 is 2.38 bits per heavy atom. The molecule has 2 atom stereocenters. The lowest BCUT2D eigenvalue weighted by atomic mass is 10.1. The van der Waals surface area contributed by atoms with Gasteiger partial charge in [0.05, 0.1) is 23.7 Å². The van der Waals surface area contributed by atoms with Crippen molar-refractivity contribution in [3.05, 3.63) is 59.2 Å². The average molecular weight is 491 g/mol. The number of amides is 1. The molecule has 1 saturated heterocycles. The van der Waals surface area contributed by atoms with Gasteiger partial charge in [-0.15, -0.1) is 0 Å². The van der Waals surface area contributed by atoms with E-state index in [1.165, 1.54) is 43.5 Å². The number of carbonyl (C=O) groups excluding carboxylic acids is 3. The molecule has 2 N–H and O–H groups in total. The Morgan fingerprint density at radius 1 is 1.09 bits per heavy atom. The number of nitrogens with one attached hydrogen (secondary N) is 1. The lowest BCUT2D eigenvalue weighted by Crippen LogP contribution is -2.42. The van der Waals surface area contributed by atoms with Crippen LogP contribution in [-0.4, -0.2) is 68.1 Å². The van der Waals surface area contributed by atoms with Gasteiger partial charge in [-0.25, -0.2) is 13.2 Å². The number of anilines is 1. The van der Waals surface area contributed by atoms with Gasteiger partial charge in [0.1, 0.15) is 6.04 Å². The summed E-state index contributed by atoms with van der Waals surface area (Å²) >= 11 is 0. The maximum absolute atomic E-state index is 13.1. The Morgan fingerprint density at radius 2 is 1.76 bits per heavy atom. The molecule has 2 aromatic rings. The fourth-order valence-electron chi connectivity index (χ4n) is 3.51. The Balaban J connectivity index is 1.64. The summed E-state index contributed by atoms with van der Waals surface area (Å²) in [6.07, 6.45) is -1.18. The minimum absolute atomic E-state index is 0.00986. The predicted octanol–water partition coefficient (Wildman–Crippen LogP) is 1.40. The van der Waals surface area contributed by atoms with Crippen LogP contribution in [0.4, 0.5) is 5.69 Å². The van der Waals surface area contributed by atoms with Crippen molar-refractivity contribution in [1.82, 2.24) is 4.31 Å². The average Bonchev–Trinajstić information content (AvgIpc) is 3.21. The second-order valence-corrected chi connectivity index (χ2v) is 9.84. The van der Waals surface area contributed by atoms with Crippen molar-refractivity contribution in [2.75, 3.05) is 25.6 Å². The summed E-state index contributed by atoms with van der Waals surface area (Å²) in [5.41, 5.74) is 2.36. The molecule has 1 aliphatic heterocycles. The number of β-amino-alcohol motifs (C(OH)–C–C–N with tert-alkyl or cyclic N) is 1. The van der Waals surface area contributed by atoms with Crippen LogP contribution in [0.2, 0.25) is 0 Å². The van der Waals surface area contributed by atoms with Crippen LogP contribution < -0.4 is 5.32 Å². The molecule has 0 aliphatic carbocycles. The van der Waals surface area contributed by atoms with Crippen molar-refractivity contribution in [1.29, 1.82) is 0 Å². The van der Waals surface area contributed by atoms with Gasteiger partial charge in [-0.1, -0.05) is 6.07 Å². The molecule has 0 aromatic heterocycles. The zero-order valence-electron chi connectivity index (χ0n) is 19.0. The minimum Gasteiger partial charge on any atom is -0.465 e. The van der Waals surface area contributed by atoms with E-state index < -0.39 is 46.6 Å². The zero-order valence-corrected chi connectivity index (χ0v) is 19.8. The maximum Gasteiger partial charge on any atom is 0.337 e. The van der Waals surface area contributed by atoms with Crippen molar-refractivity contribution >= 4 is 33.6 Å². The van der Waals surface area contributed by atoms with E-state index in [0.717, 1.165) is 15.4 Å². The number of rotatable bonds is 7. The first-order chi connectivity index (χ1) is 16.0. The van der Waals surface area contributed by atoms with Crippen molar-refractivity contribution in [3.8, 4) is 0 Å². The molecule has 34 heavy (non-hydrogen) atoms. The van der Waals surface area contributed by atoms with Gasteiger partial charge in [-0.2, -0.15) is 4.31 Å². The molecule has 0 radical (unpaired) electrons. The highest BCUT2D eigenvalue weighted by Crippen LogP contribution is 2.28. The van der Waals surface area contributed by atoms with Crippen molar-refractivity contribution < 1.29 is 37.4 Å². The fraction of sp³-hybridized carbons (Fsp3) is 0.348. The highest BCUT2D eigenvalue weighted by Gasteiger charge is 2.44. The zero-order chi connectivity index (χ0) is 25.0. The standard InChI is InChI=1S/C23H26N2O8S/c1-14-4-9-19(10-15(14)2)34(30,31)25-12-18(26)11-20(25)23(29)33-13-21(27)24-17-7-5-16(6-8-17)22(28)32-3/h4-10,18,20,26H,11-13H2,1-3H3,(H,24,27)/t18?,20-/m0/s1. The van der Waals surface area contributed by atoms with Gasteiger partial charge in [0.25, 0.3) is 5.91 Å². The van der Waals surface area contributed by atoms with Crippen molar-refractivity contribution in [3.63, 3.8) is 0 Å². The SMILES string of the molecule is COC(=O)c1ccc(NC(=O)COC(=O)[C@@H]2CC(O)CN2S(=O)(=O)c2ccc(C)c(C)c2)cc1. The molecule has 1 heterocycles. The van der Waals surface area contributed by atoms with Crippen LogP contribution in [0.25, 0.3) is 0 Å². The molecule has 0 saturated carbocycles. The Hall–Kier alpha value is -3.28. The molecule has 0 spiro atoms. The van der Waals surface area contributed by atoms with Crippen molar-refractivity contribution in [2.45, 2.75) is 37.3 Å². The Kier molecular flexibility index (Phi) is 7.70. The molecule has 1 unspecified atom stereocenters. The lowest BCUT2D eigenvalue weighted by Gasteiger charge is -2.22. The van der Waals surface area contributed by atoms with E-state index in [2.05, 4.69) is 10.1 Å². The van der Waals surface area contributed by atoms with Gasteiger partial charge in [-0.05, 0) is 61.4 Å². The van der Waals surface area contributed by atoms with Crippen LogP contribution >= 0.6 is 0 Å². The van der Waals surface area contributed by atoms with Gasteiger partial charge in [0.2, 0.25) is 10.0 Å².